The number of aryl methyl sites for hydroxylation is 1. The Morgan fingerprint density at radius 1 is 1.12 bits per heavy atom. The fourth-order valence-electron chi connectivity index (χ4n) is 2.93. The first-order valence-corrected chi connectivity index (χ1v) is 8.95. The molecule has 5 heteroatoms. The summed E-state index contributed by atoms with van der Waals surface area (Å²) < 4.78 is 0. The number of nitrogens with one attached hydrogen (secondary N) is 2. The molecule has 136 valence electrons. The Morgan fingerprint density at radius 2 is 1.88 bits per heavy atom. The minimum absolute atomic E-state index is 0.0240. The van der Waals surface area contributed by atoms with Crippen LogP contribution < -0.4 is 10.6 Å². The standard InChI is InChI=1S/C21H24N2O3/c1-14-8-9-18(11-19(14)23-21(26)17-6-3-7-17)20(25)22-12-15-4-2-5-16(10-15)13-24/h2,4-5,8-11,17,24H,3,6-7,12-13H2,1H3,(H,22,25)(H,23,26). The Morgan fingerprint density at radius 3 is 2.58 bits per heavy atom. The van der Waals surface area contributed by atoms with E-state index in [9.17, 15) is 14.7 Å². The largest absolute Gasteiger partial charge is 0.392 e. The van der Waals surface area contributed by atoms with E-state index < -0.39 is 0 Å². The second-order valence-corrected chi connectivity index (χ2v) is 6.81. The molecule has 0 radical (unpaired) electrons. The van der Waals surface area contributed by atoms with Crippen LogP contribution in [0.5, 0.6) is 0 Å². The van der Waals surface area contributed by atoms with Gasteiger partial charge in [-0.25, -0.2) is 0 Å². The first-order chi connectivity index (χ1) is 12.6. The van der Waals surface area contributed by atoms with Crippen LogP contribution in [0.25, 0.3) is 0 Å². The average Bonchev–Trinajstić information content (AvgIpc) is 2.60. The van der Waals surface area contributed by atoms with Crippen molar-refractivity contribution in [1.82, 2.24) is 5.32 Å². The van der Waals surface area contributed by atoms with Crippen LogP contribution in [0, 0.1) is 12.8 Å². The van der Waals surface area contributed by atoms with Crippen LogP contribution in [-0.2, 0) is 17.9 Å². The van der Waals surface area contributed by atoms with Crippen molar-refractivity contribution in [3.8, 4) is 0 Å². The lowest BCUT2D eigenvalue weighted by molar-refractivity contribution is -0.122. The van der Waals surface area contributed by atoms with Gasteiger partial charge in [-0.1, -0.05) is 36.8 Å². The Hall–Kier alpha value is -2.66. The molecular weight excluding hydrogens is 328 g/mol. The molecule has 0 saturated heterocycles. The summed E-state index contributed by atoms with van der Waals surface area (Å²) in [5.74, 6) is -0.0537. The normalized spacial score (nSPS) is 13.8. The number of benzene rings is 2. The molecule has 3 N–H and O–H groups in total. The topological polar surface area (TPSA) is 78.4 Å². The summed E-state index contributed by atoms with van der Waals surface area (Å²) in [6.07, 6.45) is 2.99. The third kappa shape index (κ3) is 4.29. The van der Waals surface area contributed by atoms with E-state index in [0.29, 0.717) is 17.8 Å². The molecule has 2 aromatic rings. The summed E-state index contributed by atoms with van der Waals surface area (Å²) in [6.45, 7) is 2.27. The van der Waals surface area contributed by atoms with Crippen LogP contribution in [0.15, 0.2) is 42.5 Å². The molecule has 2 amide bonds. The van der Waals surface area contributed by atoms with Gasteiger partial charge in [-0.3, -0.25) is 9.59 Å². The van der Waals surface area contributed by atoms with Crippen molar-refractivity contribution in [2.24, 2.45) is 5.92 Å². The number of carbonyl (C=O) groups is 2. The smallest absolute Gasteiger partial charge is 0.251 e. The van der Waals surface area contributed by atoms with Gasteiger partial charge in [-0.15, -0.1) is 0 Å². The Kier molecular flexibility index (Phi) is 5.68. The highest BCUT2D eigenvalue weighted by atomic mass is 16.3. The van der Waals surface area contributed by atoms with E-state index in [1.807, 2.05) is 37.3 Å². The number of rotatable bonds is 6. The van der Waals surface area contributed by atoms with Crippen molar-refractivity contribution < 1.29 is 14.7 Å². The van der Waals surface area contributed by atoms with Crippen molar-refractivity contribution in [3.63, 3.8) is 0 Å². The molecule has 1 aliphatic carbocycles. The molecule has 5 nitrogen and oxygen atoms in total. The van der Waals surface area contributed by atoms with Crippen molar-refractivity contribution in [3.05, 3.63) is 64.7 Å². The SMILES string of the molecule is Cc1ccc(C(=O)NCc2cccc(CO)c2)cc1NC(=O)C1CCC1. The minimum atomic E-state index is -0.196. The van der Waals surface area contributed by atoms with E-state index >= 15 is 0 Å². The maximum atomic E-state index is 12.4. The molecule has 0 spiro atoms. The summed E-state index contributed by atoms with van der Waals surface area (Å²) in [5.41, 5.74) is 3.88. The number of hydrogen-bond acceptors (Lipinski definition) is 3. The number of aliphatic hydroxyl groups excluding tert-OH is 1. The Labute approximate surface area is 153 Å². The predicted octanol–water partition coefficient (Wildman–Crippen LogP) is 3.16. The van der Waals surface area contributed by atoms with Crippen LogP contribution in [-0.4, -0.2) is 16.9 Å². The number of carbonyl (C=O) groups excluding carboxylic acids is 2. The lowest BCUT2D eigenvalue weighted by atomic mass is 9.85. The van der Waals surface area contributed by atoms with E-state index in [4.69, 9.17) is 0 Å². The summed E-state index contributed by atoms with van der Waals surface area (Å²) in [7, 11) is 0. The van der Waals surface area contributed by atoms with Crippen LogP contribution in [0.3, 0.4) is 0 Å². The maximum absolute atomic E-state index is 12.4. The summed E-state index contributed by atoms with van der Waals surface area (Å²) in [5, 5.41) is 15.0. The molecule has 1 saturated carbocycles. The van der Waals surface area contributed by atoms with Gasteiger partial charge in [0, 0.05) is 23.7 Å². The van der Waals surface area contributed by atoms with Gasteiger partial charge in [0.15, 0.2) is 0 Å². The van der Waals surface area contributed by atoms with Gasteiger partial charge in [0.25, 0.3) is 5.91 Å². The highest BCUT2D eigenvalue weighted by molar-refractivity contribution is 5.98. The highest BCUT2D eigenvalue weighted by Crippen LogP contribution is 2.28. The van der Waals surface area contributed by atoms with Gasteiger partial charge in [-0.05, 0) is 48.6 Å². The third-order valence-corrected chi connectivity index (χ3v) is 4.86. The van der Waals surface area contributed by atoms with Crippen molar-refractivity contribution in [2.45, 2.75) is 39.3 Å². The van der Waals surface area contributed by atoms with E-state index in [1.54, 1.807) is 12.1 Å². The van der Waals surface area contributed by atoms with Gasteiger partial charge in [0.1, 0.15) is 0 Å². The number of aliphatic hydroxyl groups is 1. The van der Waals surface area contributed by atoms with E-state index in [2.05, 4.69) is 10.6 Å². The first-order valence-electron chi connectivity index (χ1n) is 8.95. The lowest BCUT2D eigenvalue weighted by Crippen LogP contribution is -2.28. The quantitative estimate of drug-likeness (QED) is 0.747. The molecule has 2 aromatic carbocycles. The maximum Gasteiger partial charge on any atom is 0.251 e. The van der Waals surface area contributed by atoms with E-state index in [0.717, 1.165) is 36.0 Å². The van der Waals surface area contributed by atoms with E-state index in [1.165, 1.54) is 0 Å². The lowest BCUT2D eigenvalue weighted by Gasteiger charge is -2.24. The Balaban J connectivity index is 1.65. The second kappa shape index (κ2) is 8.15. The zero-order valence-corrected chi connectivity index (χ0v) is 14.9. The van der Waals surface area contributed by atoms with Crippen LogP contribution in [0.1, 0.15) is 46.3 Å². The molecule has 0 heterocycles. The molecule has 1 fully saturated rings. The molecule has 0 aromatic heterocycles. The predicted molar refractivity (Wildman–Crippen MR) is 101 cm³/mol. The molecule has 0 aliphatic heterocycles. The van der Waals surface area contributed by atoms with Crippen molar-refractivity contribution >= 4 is 17.5 Å². The molecule has 1 aliphatic rings. The monoisotopic (exact) mass is 352 g/mol. The van der Waals surface area contributed by atoms with Crippen LogP contribution >= 0.6 is 0 Å². The average molecular weight is 352 g/mol. The molecule has 26 heavy (non-hydrogen) atoms. The van der Waals surface area contributed by atoms with Crippen molar-refractivity contribution in [2.75, 3.05) is 5.32 Å². The number of amides is 2. The van der Waals surface area contributed by atoms with Crippen LogP contribution in [0.4, 0.5) is 5.69 Å². The van der Waals surface area contributed by atoms with E-state index in [-0.39, 0.29) is 24.3 Å². The highest BCUT2D eigenvalue weighted by Gasteiger charge is 2.25. The molecule has 0 unspecified atom stereocenters. The summed E-state index contributed by atoms with van der Waals surface area (Å²) >= 11 is 0. The number of hydrogen-bond donors (Lipinski definition) is 3. The van der Waals surface area contributed by atoms with Gasteiger partial charge >= 0.3 is 0 Å². The van der Waals surface area contributed by atoms with Gasteiger partial charge in [0.2, 0.25) is 5.91 Å². The zero-order chi connectivity index (χ0) is 18.5. The molecule has 3 rings (SSSR count). The second-order valence-electron chi connectivity index (χ2n) is 6.81. The van der Waals surface area contributed by atoms with Gasteiger partial charge in [0.05, 0.1) is 6.61 Å². The molecular formula is C21H24N2O3. The molecule has 0 bridgehead atoms. The third-order valence-electron chi connectivity index (χ3n) is 4.86. The fourth-order valence-corrected chi connectivity index (χ4v) is 2.93. The molecule has 0 atom stereocenters. The Bertz CT molecular complexity index is 813. The summed E-state index contributed by atoms with van der Waals surface area (Å²) in [4.78, 5) is 24.6. The van der Waals surface area contributed by atoms with Gasteiger partial charge in [-0.2, -0.15) is 0 Å². The first kappa shape index (κ1) is 18.1. The van der Waals surface area contributed by atoms with Crippen LogP contribution in [0.2, 0.25) is 0 Å². The zero-order valence-electron chi connectivity index (χ0n) is 14.9. The summed E-state index contributed by atoms with van der Waals surface area (Å²) in [6, 6.07) is 12.8. The van der Waals surface area contributed by atoms with Crippen molar-refractivity contribution in [1.29, 1.82) is 0 Å². The number of anilines is 1. The fraction of sp³-hybridized carbons (Fsp3) is 0.333. The van der Waals surface area contributed by atoms with Gasteiger partial charge < -0.3 is 15.7 Å². The minimum Gasteiger partial charge on any atom is -0.392 e.